The minimum Gasteiger partial charge on any atom is 0 e. The number of aliphatic hydroxyl groups is 2. The number of hydrogen-bond donors (Lipinski definition) is 2. The minimum atomic E-state index is -0.729. The molecule has 40 heavy (non-hydrogen) atoms. The summed E-state index contributed by atoms with van der Waals surface area (Å²) >= 11 is 0. The van der Waals surface area contributed by atoms with Gasteiger partial charge in [0, 0.05) is 60.0 Å². The van der Waals surface area contributed by atoms with E-state index in [2.05, 4.69) is 51.7 Å². The fraction of sp³-hybridized carbons (Fsp3) is 0.692. The van der Waals surface area contributed by atoms with Crippen molar-refractivity contribution in [2.75, 3.05) is 26.4 Å². The summed E-state index contributed by atoms with van der Waals surface area (Å²) in [6.07, 6.45) is 7.30. The first-order chi connectivity index (χ1) is 18.7. The van der Waals surface area contributed by atoms with E-state index >= 15 is 0 Å². The van der Waals surface area contributed by atoms with Gasteiger partial charge in [-0.3, -0.25) is 0 Å². The smallest absolute Gasteiger partial charge is 0 e. The first kappa shape index (κ1) is 54.8. The quantitative estimate of drug-likeness (QED) is 0.156. The van der Waals surface area contributed by atoms with Gasteiger partial charge in [0.2, 0.25) is 0 Å². The van der Waals surface area contributed by atoms with Crippen LogP contribution in [-0.4, -0.2) is 61.4 Å². The molecule has 0 aromatic carbocycles. The van der Waals surface area contributed by atoms with Crippen LogP contribution in [0.5, 0.6) is 0 Å². The Morgan fingerprint density at radius 2 is 0.900 bits per heavy atom. The normalized spacial score (nSPS) is 17.1. The van der Waals surface area contributed by atoms with E-state index in [1.54, 1.807) is 0 Å². The van der Waals surface area contributed by atoms with Crippen LogP contribution in [-0.2, 0) is 80.4 Å². The summed E-state index contributed by atoms with van der Waals surface area (Å²) < 4.78 is 67.2. The van der Waals surface area contributed by atoms with E-state index in [9.17, 15) is 10.2 Å². The Morgan fingerprint density at radius 3 is 1.15 bits per heavy atom. The molecular weight excluding hydrogens is 622 g/mol. The molecule has 12 nitrogen and oxygen atoms in total. The summed E-state index contributed by atoms with van der Waals surface area (Å²) in [7, 11) is 0. The van der Waals surface area contributed by atoms with Gasteiger partial charge in [-0.15, -0.1) is 0 Å². The van der Waals surface area contributed by atoms with Crippen LogP contribution in [0.1, 0.15) is 64.2 Å². The molecular formula is C26H34Co2O12. The molecule has 0 amide bonds. The fourth-order valence-electron chi connectivity index (χ4n) is 3.00. The molecule has 0 spiro atoms. The van der Waals surface area contributed by atoms with Crippen LogP contribution in [0, 0.1) is 51.7 Å². The van der Waals surface area contributed by atoms with Gasteiger partial charge in [0.15, 0.2) is 12.6 Å². The largest absolute Gasteiger partial charge is 0 e. The summed E-state index contributed by atoms with van der Waals surface area (Å²) in [5, 5.41) is 19.7. The van der Waals surface area contributed by atoms with Crippen molar-refractivity contribution in [2.45, 2.75) is 89.0 Å². The molecule has 2 aliphatic rings. The van der Waals surface area contributed by atoms with Gasteiger partial charge in [-0.25, -0.2) is 0 Å². The van der Waals surface area contributed by atoms with Crippen LogP contribution in [0.3, 0.4) is 0 Å². The van der Waals surface area contributed by atoms with Gasteiger partial charge in [0.1, 0.15) is 12.2 Å². The Morgan fingerprint density at radius 1 is 0.600 bits per heavy atom. The van der Waals surface area contributed by atoms with E-state index in [0.717, 1.165) is 64.6 Å². The van der Waals surface area contributed by atoms with Crippen molar-refractivity contribution in [3.05, 3.63) is 39.9 Å². The number of hydrogen-bond acceptors (Lipinski definition) is 6. The van der Waals surface area contributed by atoms with Crippen LogP contribution < -0.4 is 0 Å². The van der Waals surface area contributed by atoms with Crippen molar-refractivity contribution in [3.63, 3.8) is 0 Å². The monoisotopic (exact) mass is 656 g/mol. The molecule has 4 atom stereocenters. The Bertz CT molecular complexity index is 573. The summed E-state index contributed by atoms with van der Waals surface area (Å²) in [5.41, 5.74) is 0. The Balaban J connectivity index is -0.000000138. The molecule has 2 N–H and O–H groups in total. The van der Waals surface area contributed by atoms with Gasteiger partial charge in [-0.05, 0) is 64.2 Å². The maximum Gasteiger partial charge on any atom is 0 e. The van der Waals surface area contributed by atoms with Crippen molar-refractivity contribution in [2.24, 2.45) is 0 Å². The Hall–Kier alpha value is -1.23. The third kappa shape index (κ3) is 41.3. The summed E-state index contributed by atoms with van der Waals surface area (Å²) in [6.45, 7) is 29.7. The Kier molecular flexibility index (Phi) is 73.9. The van der Waals surface area contributed by atoms with Gasteiger partial charge in [0.05, 0.1) is 0 Å². The second kappa shape index (κ2) is 53.9. The van der Waals surface area contributed by atoms with E-state index in [4.69, 9.17) is 46.9 Å². The molecule has 2 fully saturated rings. The van der Waals surface area contributed by atoms with Crippen molar-refractivity contribution >= 4 is 0 Å². The maximum atomic E-state index is 9.86. The maximum absolute atomic E-state index is 9.86. The minimum absolute atomic E-state index is 0. The van der Waals surface area contributed by atoms with Crippen LogP contribution in [0.2, 0.25) is 0 Å². The molecule has 0 aromatic heterocycles. The van der Waals surface area contributed by atoms with E-state index < -0.39 is 12.2 Å². The van der Waals surface area contributed by atoms with E-state index in [-0.39, 0.29) is 46.1 Å². The average Bonchev–Trinajstić information content (AvgIpc) is 3.03. The van der Waals surface area contributed by atoms with Gasteiger partial charge in [-0.2, -0.15) is 0 Å². The van der Waals surface area contributed by atoms with Crippen molar-refractivity contribution in [1.82, 2.24) is 0 Å². The molecule has 228 valence electrons. The molecule has 4 unspecified atom stereocenters. The Labute approximate surface area is 257 Å². The molecule has 0 bridgehead atoms. The average molecular weight is 656 g/mol. The molecule has 0 aliphatic carbocycles. The molecule has 2 aliphatic heterocycles. The molecule has 2 saturated heterocycles. The molecule has 2 rings (SSSR count). The molecule has 2 radical (unpaired) electrons. The zero-order valence-electron chi connectivity index (χ0n) is 21.9. The van der Waals surface area contributed by atoms with Crippen LogP contribution in [0.25, 0.3) is 0 Å². The van der Waals surface area contributed by atoms with Crippen molar-refractivity contribution < 1.29 is 90.6 Å². The fourth-order valence-corrected chi connectivity index (χ4v) is 3.00. The SMILES string of the molecule is OC(C#CC(O)CCCOC1CCCCO1)CCCOC1CCCCO1.[C-]#[O+].[C-]#[O+].[C-]#[O+].[C-]#[O+].[C-]#[O+].[C-]#[O+].[Co].[Co]. The van der Waals surface area contributed by atoms with Gasteiger partial charge < -0.3 is 29.2 Å². The molecule has 14 heteroatoms. The first-order valence-electron chi connectivity index (χ1n) is 11.3. The van der Waals surface area contributed by atoms with Gasteiger partial charge >= 0.3 is 67.8 Å². The topological polar surface area (TPSA) is 197 Å². The van der Waals surface area contributed by atoms with E-state index in [0.29, 0.717) is 26.1 Å². The number of rotatable bonds is 10. The second-order valence-electron chi connectivity index (χ2n) is 6.94. The molecule has 2 heterocycles. The second-order valence-corrected chi connectivity index (χ2v) is 6.94. The van der Waals surface area contributed by atoms with Gasteiger partial charge in [-0.1, -0.05) is 11.8 Å². The predicted octanol–water partition coefficient (Wildman–Crippen LogP) is 2.13. The summed E-state index contributed by atoms with van der Waals surface area (Å²) in [4.78, 5) is 0. The molecule has 0 saturated carbocycles. The van der Waals surface area contributed by atoms with Crippen molar-refractivity contribution in [3.8, 4) is 11.8 Å². The van der Waals surface area contributed by atoms with Gasteiger partial charge in [0.25, 0.3) is 0 Å². The zero-order chi connectivity index (χ0) is 30.5. The van der Waals surface area contributed by atoms with E-state index in [1.165, 1.54) is 0 Å². The van der Waals surface area contributed by atoms with E-state index in [1.807, 2.05) is 0 Å². The van der Waals surface area contributed by atoms with Crippen molar-refractivity contribution in [1.29, 1.82) is 0 Å². The van der Waals surface area contributed by atoms with Crippen LogP contribution >= 0.6 is 0 Å². The third-order valence-corrected chi connectivity index (χ3v) is 4.54. The molecule has 0 aromatic rings. The first-order valence-corrected chi connectivity index (χ1v) is 11.3. The number of ether oxygens (including phenoxy) is 4. The standard InChI is InChI=1S/C20H34O6.6CO.2Co/c21-17(7-5-15-25-19-9-1-3-13-23-19)11-12-18(22)8-6-16-26-20-10-2-4-14-24-20;6*1-2;;/h17-22H,1-10,13-16H2;;;;;;;;. The predicted molar refractivity (Wildman–Crippen MR) is 121 cm³/mol. The summed E-state index contributed by atoms with van der Waals surface area (Å²) in [5.74, 6) is 5.43. The summed E-state index contributed by atoms with van der Waals surface area (Å²) in [6, 6.07) is 0. The third-order valence-electron chi connectivity index (χ3n) is 4.54. The van der Waals surface area contributed by atoms with Crippen LogP contribution in [0.15, 0.2) is 0 Å². The number of aliphatic hydroxyl groups excluding tert-OH is 2. The van der Waals surface area contributed by atoms with Crippen LogP contribution in [0.4, 0.5) is 0 Å². The zero-order valence-corrected chi connectivity index (χ0v) is 23.9.